The van der Waals surface area contributed by atoms with Crippen molar-refractivity contribution in [3.8, 4) is 5.75 Å². The minimum absolute atomic E-state index is 0.0461. The van der Waals surface area contributed by atoms with E-state index in [1.165, 1.54) is 0 Å². The molecular weight excluding hydrogens is 328 g/mol. The summed E-state index contributed by atoms with van der Waals surface area (Å²) in [6.07, 6.45) is 1.78. The summed E-state index contributed by atoms with van der Waals surface area (Å²) in [4.78, 5) is 21.0. The fourth-order valence-corrected chi connectivity index (χ4v) is 1.29. The lowest BCUT2D eigenvalue weighted by molar-refractivity contribution is -0.141. The first-order valence-electron chi connectivity index (χ1n) is 7.58. The molecule has 7 heteroatoms. The van der Waals surface area contributed by atoms with Gasteiger partial charge >= 0.3 is 11.9 Å². The van der Waals surface area contributed by atoms with Crippen LogP contribution in [0, 0.1) is 0 Å². The summed E-state index contributed by atoms with van der Waals surface area (Å²) in [5.41, 5.74) is 0. The number of aliphatic hydroxyl groups excluding tert-OH is 2. The first-order valence-corrected chi connectivity index (χ1v) is 7.58. The van der Waals surface area contributed by atoms with Crippen molar-refractivity contribution in [1.29, 1.82) is 0 Å². The largest absolute Gasteiger partial charge is 0.491 e. The standard InChI is InChI=1S/C12H14O4.C6H10O3/c1-2-12(14)16-9-10(13)8-15-11-6-4-3-5-7-11;1-2-6(8)9-5-3-4-7/h2-7,10,13H,1,8-9H2;2,7H,1,3-5H2. The molecule has 2 N–H and O–H groups in total. The zero-order valence-corrected chi connectivity index (χ0v) is 14.0. The third kappa shape index (κ3) is 13.5. The number of benzene rings is 1. The van der Waals surface area contributed by atoms with Crippen molar-refractivity contribution in [2.45, 2.75) is 12.5 Å². The van der Waals surface area contributed by atoms with Crippen LogP contribution in [0.4, 0.5) is 0 Å². The highest BCUT2D eigenvalue weighted by molar-refractivity contribution is 5.81. The van der Waals surface area contributed by atoms with E-state index >= 15 is 0 Å². The number of hydrogen-bond acceptors (Lipinski definition) is 7. The van der Waals surface area contributed by atoms with Crippen molar-refractivity contribution in [1.82, 2.24) is 0 Å². The van der Waals surface area contributed by atoms with Gasteiger partial charge in [-0.15, -0.1) is 0 Å². The van der Waals surface area contributed by atoms with Gasteiger partial charge in [-0.2, -0.15) is 0 Å². The fraction of sp³-hybridized carbons (Fsp3) is 0.333. The van der Waals surface area contributed by atoms with Gasteiger partial charge in [0, 0.05) is 25.2 Å². The van der Waals surface area contributed by atoms with Gasteiger partial charge in [0.25, 0.3) is 0 Å². The number of esters is 2. The van der Waals surface area contributed by atoms with Crippen LogP contribution in [0.25, 0.3) is 0 Å². The molecule has 1 unspecified atom stereocenters. The van der Waals surface area contributed by atoms with Crippen LogP contribution in [-0.4, -0.2) is 54.7 Å². The number of rotatable bonds is 10. The van der Waals surface area contributed by atoms with E-state index in [1.807, 2.05) is 18.2 Å². The number of carbonyl (C=O) groups is 2. The number of ether oxygens (including phenoxy) is 3. The van der Waals surface area contributed by atoms with Gasteiger partial charge < -0.3 is 24.4 Å². The van der Waals surface area contributed by atoms with E-state index in [-0.39, 0.29) is 26.4 Å². The molecule has 0 bridgehead atoms. The van der Waals surface area contributed by atoms with E-state index in [4.69, 9.17) is 9.84 Å². The SMILES string of the molecule is C=CC(=O)OCC(O)COc1ccccc1.C=CC(=O)OCCCO. The van der Waals surface area contributed by atoms with Crippen molar-refractivity contribution in [2.75, 3.05) is 26.4 Å². The summed E-state index contributed by atoms with van der Waals surface area (Å²) in [7, 11) is 0. The first-order chi connectivity index (χ1) is 12.0. The average molecular weight is 352 g/mol. The van der Waals surface area contributed by atoms with Crippen LogP contribution in [0.3, 0.4) is 0 Å². The summed E-state index contributed by atoms with van der Waals surface area (Å²) in [6.45, 7) is 6.74. The lowest BCUT2D eigenvalue weighted by Gasteiger charge is -2.11. The molecule has 0 radical (unpaired) electrons. The molecule has 0 saturated carbocycles. The van der Waals surface area contributed by atoms with Gasteiger partial charge in [0.05, 0.1) is 6.61 Å². The smallest absolute Gasteiger partial charge is 0.330 e. The van der Waals surface area contributed by atoms with Gasteiger partial charge in [-0.1, -0.05) is 31.4 Å². The zero-order valence-electron chi connectivity index (χ0n) is 14.0. The van der Waals surface area contributed by atoms with E-state index in [0.717, 1.165) is 12.2 Å². The molecule has 1 aromatic rings. The Morgan fingerprint density at radius 1 is 1.04 bits per heavy atom. The van der Waals surface area contributed by atoms with Crippen LogP contribution in [0.1, 0.15) is 6.42 Å². The molecule has 0 amide bonds. The number of para-hydroxylation sites is 1. The molecule has 1 atom stereocenters. The maximum absolute atomic E-state index is 10.7. The Labute approximate surface area is 147 Å². The molecule has 25 heavy (non-hydrogen) atoms. The summed E-state index contributed by atoms with van der Waals surface area (Å²) >= 11 is 0. The van der Waals surface area contributed by atoms with Crippen molar-refractivity contribution < 1.29 is 34.0 Å². The second-order valence-corrected chi connectivity index (χ2v) is 4.56. The zero-order chi connectivity index (χ0) is 18.9. The van der Waals surface area contributed by atoms with Crippen LogP contribution < -0.4 is 4.74 Å². The lowest BCUT2D eigenvalue weighted by atomic mass is 10.3. The fourth-order valence-electron chi connectivity index (χ4n) is 1.29. The topological polar surface area (TPSA) is 102 Å². The minimum Gasteiger partial charge on any atom is -0.491 e. The van der Waals surface area contributed by atoms with Gasteiger partial charge in [0.15, 0.2) is 0 Å². The van der Waals surface area contributed by atoms with Crippen molar-refractivity contribution in [3.05, 3.63) is 55.6 Å². The Morgan fingerprint density at radius 2 is 1.64 bits per heavy atom. The maximum atomic E-state index is 10.7. The van der Waals surface area contributed by atoms with Crippen LogP contribution >= 0.6 is 0 Å². The molecular formula is C18H24O7. The second kappa shape index (κ2) is 14.9. The van der Waals surface area contributed by atoms with E-state index in [0.29, 0.717) is 12.2 Å². The van der Waals surface area contributed by atoms with E-state index < -0.39 is 18.0 Å². The van der Waals surface area contributed by atoms with E-state index in [9.17, 15) is 14.7 Å². The van der Waals surface area contributed by atoms with E-state index in [2.05, 4.69) is 22.6 Å². The highest BCUT2D eigenvalue weighted by Crippen LogP contribution is 2.08. The lowest BCUT2D eigenvalue weighted by Crippen LogP contribution is -2.24. The normalized spacial score (nSPS) is 10.5. The van der Waals surface area contributed by atoms with Crippen molar-refractivity contribution in [3.63, 3.8) is 0 Å². The maximum Gasteiger partial charge on any atom is 0.330 e. The number of aliphatic hydroxyl groups is 2. The van der Waals surface area contributed by atoms with Crippen molar-refractivity contribution >= 4 is 11.9 Å². The average Bonchev–Trinajstić information content (AvgIpc) is 2.65. The van der Waals surface area contributed by atoms with Gasteiger partial charge in [-0.25, -0.2) is 9.59 Å². The minimum atomic E-state index is -0.843. The van der Waals surface area contributed by atoms with Gasteiger partial charge in [0.2, 0.25) is 0 Å². The molecule has 7 nitrogen and oxygen atoms in total. The summed E-state index contributed by atoms with van der Waals surface area (Å²) in [5.74, 6) is -0.334. The summed E-state index contributed by atoms with van der Waals surface area (Å²) in [6, 6.07) is 9.10. The van der Waals surface area contributed by atoms with Crippen LogP contribution in [0.15, 0.2) is 55.6 Å². The summed E-state index contributed by atoms with van der Waals surface area (Å²) < 4.78 is 14.4. The Balaban J connectivity index is 0.000000547. The van der Waals surface area contributed by atoms with Gasteiger partial charge in [-0.3, -0.25) is 0 Å². The van der Waals surface area contributed by atoms with Gasteiger partial charge in [-0.05, 0) is 12.1 Å². The third-order valence-electron chi connectivity index (χ3n) is 2.48. The predicted molar refractivity (Wildman–Crippen MR) is 92.0 cm³/mol. The Morgan fingerprint density at radius 3 is 2.20 bits per heavy atom. The molecule has 0 spiro atoms. The Kier molecular flexibility index (Phi) is 13.3. The van der Waals surface area contributed by atoms with E-state index in [1.54, 1.807) is 12.1 Å². The molecule has 1 aromatic carbocycles. The van der Waals surface area contributed by atoms with Crippen LogP contribution in [-0.2, 0) is 19.1 Å². The molecule has 0 saturated heterocycles. The Bertz CT molecular complexity index is 513. The molecule has 0 fully saturated rings. The Hall–Kier alpha value is -2.64. The van der Waals surface area contributed by atoms with Gasteiger partial charge in [0.1, 0.15) is 25.1 Å². The predicted octanol–water partition coefficient (Wildman–Crippen LogP) is 1.25. The molecule has 0 aliphatic carbocycles. The molecule has 0 aromatic heterocycles. The quantitative estimate of drug-likeness (QED) is 0.371. The molecule has 1 rings (SSSR count). The summed E-state index contributed by atoms with van der Waals surface area (Å²) in [5, 5.41) is 17.7. The highest BCUT2D eigenvalue weighted by atomic mass is 16.5. The molecule has 0 aliphatic heterocycles. The van der Waals surface area contributed by atoms with Crippen LogP contribution in [0.2, 0.25) is 0 Å². The molecule has 0 heterocycles. The highest BCUT2D eigenvalue weighted by Gasteiger charge is 2.07. The molecule has 138 valence electrons. The third-order valence-corrected chi connectivity index (χ3v) is 2.48. The first kappa shape index (κ1) is 22.4. The number of carbonyl (C=O) groups excluding carboxylic acids is 2. The second-order valence-electron chi connectivity index (χ2n) is 4.56. The monoisotopic (exact) mass is 352 g/mol. The van der Waals surface area contributed by atoms with Crippen molar-refractivity contribution in [2.24, 2.45) is 0 Å². The number of hydrogen-bond donors (Lipinski definition) is 2. The van der Waals surface area contributed by atoms with Crippen LogP contribution in [0.5, 0.6) is 5.75 Å². The molecule has 0 aliphatic rings.